The fourth-order valence-corrected chi connectivity index (χ4v) is 2.86. The number of benzene rings is 1. The Labute approximate surface area is 163 Å². The minimum absolute atomic E-state index is 0.237. The van der Waals surface area contributed by atoms with E-state index in [1.54, 1.807) is 12.1 Å². The van der Waals surface area contributed by atoms with Crippen molar-refractivity contribution in [2.45, 2.75) is 12.7 Å². The molecule has 3 heterocycles. The van der Waals surface area contributed by atoms with Crippen LogP contribution in [0.15, 0.2) is 48.9 Å². The summed E-state index contributed by atoms with van der Waals surface area (Å²) in [4.78, 5) is 15.2. The lowest BCUT2D eigenvalue weighted by Gasteiger charge is -2.09. The predicted octanol–water partition coefficient (Wildman–Crippen LogP) is 3.82. The van der Waals surface area contributed by atoms with Gasteiger partial charge in [0, 0.05) is 35.6 Å². The maximum Gasteiger partial charge on any atom is 0.417 e. The van der Waals surface area contributed by atoms with Gasteiger partial charge in [-0.3, -0.25) is 0 Å². The van der Waals surface area contributed by atoms with Gasteiger partial charge in [-0.1, -0.05) is 12.1 Å². The van der Waals surface area contributed by atoms with Crippen LogP contribution in [-0.4, -0.2) is 19.9 Å². The van der Waals surface area contributed by atoms with Crippen molar-refractivity contribution < 1.29 is 13.2 Å². The van der Waals surface area contributed by atoms with Crippen LogP contribution < -0.4 is 16.8 Å². The van der Waals surface area contributed by atoms with Crippen molar-refractivity contribution in [3.63, 3.8) is 0 Å². The van der Waals surface area contributed by atoms with Gasteiger partial charge in [0.05, 0.1) is 17.4 Å². The molecule has 1 aromatic carbocycles. The third-order valence-electron chi connectivity index (χ3n) is 4.36. The molecule has 0 fully saturated rings. The Kier molecular flexibility index (Phi) is 4.45. The fourth-order valence-electron chi connectivity index (χ4n) is 2.86. The molecule has 4 rings (SSSR count). The third kappa shape index (κ3) is 3.77. The summed E-state index contributed by atoms with van der Waals surface area (Å²) in [6.45, 7) is 0.442. The van der Waals surface area contributed by atoms with Crippen LogP contribution in [0.1, 0.15) is 11.1 Å². The smallest absolute Gasteiger partial charge is 0.399 e. The van der Waals surface area contributed by atoms with Crippen molar-refractivity contribution in [1.82, 2.24) is 19.9 Å². The normalized spacial score (nSPS) is 11.7. The lowest BCUT2D eigenvalue weighted by Crippen LogP contribution is -2.06. The van der Waals surface area contributed by atoms with Gasteiger partial charge in [0.15, 0.2) is 0 Å². The highest BCUT2D eigenvalue weighted by Gasteiger charge is 2.31. The summed E-state index contributed by atoms with van der Waals surface area (Å²) in [6.07, 6.45) is -0.780. The number of anilines is 3. The third-order valence-corrected chi connectivity index (χ3v) is 4.36. The first-order chi connectivity index (χ1) is 13.8. The summed E-state index contributed by atoms with van der Waals surface area (Å²) in [5.41, 5.74) is 13.7. The average molecular weight is 399 g/mol. The summed E-state index contributed by atoms with van der Waals surface area (Å²) in [7, 11) is 0. The van der Waals surface area contributed by atoms with Crippen LogP contribution in [0, 0.1) is 0 Å². The number of aromatic nitrogens is 4. The maximum atomic E-state index is 13.1. The number of aromatic amines is 1. The Hall–Kier alpha value is -3.82. The minimum Gasteiger partial charge on any atom is -0.399 e. The first kappa shape index (κ1) is 18.5. The molecular formula is C19H16F3N7. The van der Waals surface area contributed by atoms with Crippen molar-refractivity contribution in [2.75, 3.05) is 16.8 Å². The van der Waals surface area contributed by atoms with Crippen LogP contribution in [0.25, 0.3) is 22.3 Å². The van der Waals surface area contributed by atoms with Crippen molar-refractivity contribution in [3.05, 3.63) is 60.0 Å². The molecule has 3 aromatic heterocycles. The summed E-state index contributed by atoms with van der Waals surface area (Å²) < 4.78 is 39.2. The van der Waals surface area contributed by atoms with E-state index in [2.05, 4.69) is 25.3 Å². The fraction of sp³-hybridized carbons (Fsp3) is 0.105. The van der Waals surface area contributed by atoms with E-state index in [1.807, 2.05) is 12.1 Å². The molecule has 0 aliphatic carbocycles. The molecule has 0 amide bonds. The SMILES string of the molecule is Nc1ccc(CNc2ncc(N)c(-c3c[nH]c4ncc(C(F)(F)F)cc34)n2)cc1. The number of pyridine rings is 1. The number of hydrogen-bond donors (Lipinski definition) is 4. The molecule has 0 radical (unpaired) electrons. The number of fused-ring (bicyclic) bond motifs is 1. The second-order valence-electron chi connectivity index (χ2n) is 6.41. The number of hydrogen-bond acceptors (Lipinski definition) is 6. The molecule has 0 saturated carbocycles. The second-order valence-corrected chi connectivity index (χ2v) is 6.41. The van der Waals surface area contributed by atoms with E-state index >= 15 is 0 Å². The molecule has 0 atom stereocenters. The van der Waals surface area contributed by atoms with Crippen LogP contribution in [0.2, 0.25) is 0 Å². The van der Waals surface area contributed by atoms with Crippen LogP contribution >= 0.6 is 0 Å². The minimum atomic E-state index is -4.50. The van der Waals surface area contributed by atoms with Gasteiger partial charge in [-0.2, -0.15) is 13.2 Å². The molecule has 0 bridgehead atoms. The molecule has 4 aromatic rings. The zero-order valence-electron chi connectivity index (χ0n) is 15.0. The average Bonchev–Trinajstić information content (AvgIpc) is 3.11. The van der Waals surface area contributed by atoms with Gasteiger partial charge in [-0.25, -0.2) is 15.0 Å². The molecule has 10 heteroatoms. The molecule has 0 unspecified atom stereocenters. The molecule has 0 aliphatic heterocycles. The van der Waals surface area contributed by atoms with Gasteiger partial charge < -0.3 is 21.8 Å². The summed E-state index contributed by atoms with van der Waals surface area (Å²) in [5.74, 6) is 0.292. The molecule has 0 saturated heterocycles. The largest absolute Gasteiger partial charge is 0.417 e. The maximum absolute atomic E-state index is 13.1. The van der Waals surface area contributed by atoms with Crippen molar-refractivity contribution >= 4 is 28.4 Å². The number of nitrogen functional groups attached to an aromatic ring is 2. The summed E-state index contributed by atoms with van der Waals surface area (Å²) in [6, 6.07) is 8.32. The number of nitrogens with two attached hydrogens (primary N) is 2. The number of H-pyrrole nitrogens is 1. The Morgan fingerprint density at radius 1 is 1.03 bits per heavy atom. The number of alkyl halides is 3. The number of rotatable bonds is 4. The van der Waals surface area contributed by atoms with Crippen LogP contribution in [0.3, 0.4) is 0 Å². The highest BCUT2D eigenvalue weighted by atomic mass is 19.4. The van der Waals surface area contributed by atoms with Gasteiger partial charge in [-0.05, 0) is 23.8 Å². The highest BCUT2D eigenvalue weighted by Crippen LogP contribution is 2.35. The molecule has 0 spiro atoms. The standard InChI is InChI=1S/C19H16F3N7/c20-19(21,22)11-5-13-14(8-26-17(13)25-7-11)16-15(24)9-28-18(29-16)27-6-10-1-3-12(23)4-2-10/h1-5,7-9H,6,23-24H2,(H,25,26)(H,27,28,29). The Balaban J connectivity index is 1.68. The molecule has 148 valence electrons. The number of nitrogens with zero attached hydrogens (tertiary/aromatic N) is 3. The van der Waals surface area contributed by atoms with E-state index in [0.29, 0.717) is 35.1 Å². The Bertz CT molecular complexity index is 1170. The monoisotopic (exact) mass is 399 g/mol. The van der Waals surface area contributed by atoms with Crippen molar-refractivity contribution in [3.8, 4) is 11.3 Å². The van der Waals surface area contributed by atoms with Crippen LogP contribution in [-0.2, 0) is 12.7 Å². The van der Waals surface area contributed by atoms with E-state index in [9.17, 15) is 13.2 Å². The summed E-state index contributed by atoms with van der Waals surface area (Å²) in [5, 5.41) is 3.34. The second kappa shape index (κ2) is 6.97. The quantitative estimate of drug-likeness (QED) is 0.388. The zero-order valence-corrected chi connectivity index (χ0v) is 15.0. The van der Waals surface area contributed by atoms with Crippen molar-refractivity contribution in [2.24, 2.45) is 0 Å². The first-order valence-electron chi connectivity index (χ1n) is 8.57. The molecular weight excluding hydrogens is 383 g/mol. The first-order valence-corrected chi connectivity index (χ1v) is 8.57. The van der Waals surface area contributed by atoms with E-state index in [0.717, 1.165) is 17.8 Å². The zero-order chi connectivity index (χ0) is 20.6. The topological polar surface area (TPSA) is 119 Å². The van der Waals surface area contributed by atoms with Gasteiger partial charge in [0.1, 0.15) is 11.3 Å². The summed E-state index contributed by atoms with van der Waals surface area (Å²) >= 11 is 0. The van der Waals surface area contributed by atoms with Gasteiger partial charge in [0.25, 0.3) is 0 Å². The predicted molar refractivity (Wildman–Crippen MR) is 105 cm³/mol. The van der Waals surface area contributed by atoms with E-state index in [4.69, 9.17) is 11.5 Å². The Morgan fingerprint density at radius 2 is 1.79 bits per heavy atom. The van der Waals surface area contributed by atoms with E-state index in [1.165, 1.54) is 12.4 Å². The number of halogens is 3. The van der Waals surface area contributed by atoms with E-state index in [-0.39, 0.29) is 11.1 Å². The molecule has 7 nitrogen and oxygen atoms in total. The van der Waals surface area contributed by atoms with Gasteiger partial charge in [0.2, 0.25) is 5.95 Å². The highest BCUT2D eigenvalue weighted by molar-refractivity contribution is 5.95. The van der Waals surface area contributed by atoms with Crippen molar-refractivity contribution in [1.29, 1.82) is 0 Å². The molecule has 0 aliphatic rings. The number of nitrogens with one attached hydrogen (secondary N) is 2. The van der Waals surface area contributed by atoms with Crippen LogP contribution in [0.5, 0.6) is 0 Å². The molecule has 29 heavy (non-hydrogen) atoms. The van der Waals surface area contributed by atoms with Gasteiger partial charge in [-0.15, -0.1) is 0 Å². The van der Waals surface area contributed by atoms with Crippen LogP contribution in [0.4, 0.5) is 30.5 Å². The van der Waals surface area contributed by atoms with Gasteiger partial charge >= 0.3 is 6.18 Å². The van der Waals surface area contributed by atoms with E-state index < -0.39 is 11.7 Å². The lowest BCUT2D eigenvalue weighted by molar-refractivity contribution is -0.137. The lowest BCUT2D eigenvalue weighted by atomic mass is 10.1. The molecule has 6 N–H and O–H groups in total. The Morgan fingerprint density at radius 3 is 2.52 bits per heavy atom.